The van der Waals surface area contributed by atoms with Crippen LogP contribution in [0.2, 0.25) is 0 Å². The van der Waals surface area contributed by atoms with Gasteiger partial charge in [-0.3, -0.25) is 4.79 Å². The number of hydrogen-bond donors (Lipinski definition) is 2. The van der Waals surface area contributed by atoms with E-state index in [2.05, 4.69) is 10.3 Å². The molecule has 0 aliphatic rings. The Balaban J connectivity index is 2.57. The van der Waals surface area contributed by atoms with Crippen LogP contribution in [0.4, 0.5) is 0 Å². The quantitative estimate of drug-likeness (QED) is 0.662. The maximum Gasteiger partial charge on any atom is 0.239 e. The molecule has 0 unspecified atom stereocenters. The number of amides is 1. The smallest absolute Gasteiger partial charge is 0.239 e. The van der Waals surface area contributed by atoms with E-state index in [0.29, 0.717) is 12.2 Å². The van der Waals surface area contributed by atoms with Gasteiger partial charge in [0.15, 0.2) is 0 Å². The maximum absolute atomic E-state index is 11.1. The molecule has 0 aliphatic carbocycles. The van der Waals surface area contributed by atoms with Gasteiger partial charge in [0, 0.05) is 6.54 Å². The lowest BCUT2D eigenvalue weighted by atomic mass is 10.4. The predicted octanol–water partition coefficient (Wildman–Crippen LogP) is -0.489. The summed E-state index contributed by atoms with van der Waals surface area (Å²) in [5.41, 5.74) is 0.645. The van der Waals surface area contributed by atoms with Crippen LogP contribution in [0.3, 0.4) is 0 Å². The summed E-state index contributed by atoms with van der Waals surface area (Å²) in [5, 5.41) is 11.5. The average Bonchev–Trinajstić information content (AvgIpc) is 2.52. The first kappa shape index (κ1) is 9.73. The maximum atomic E-state index is 11.1. The number of nitrogens with zero attached hydrogens (tertiary/aromatic N) is 2. The molecule has 0 radical (unpaired) electrons. The highest BCUT2D eigenvalue weighted by Crippen LogP contribution is 1.97. The van der Waals surface area contributed by atoms with Gasteiger partial charge in [-0.2, -0.15) is 0 Å². The Morgan fingerprint density at radius 2 is 2.54 bits per heavy atom. The summed E-state index contributed by atoms with van der Waals surface area (Å²) in [6.07, 6.45) is 3.07. The van der Waals surface area contributed by atoms with Crippen molar-refractivity contribution >= 4 is 5.91 Å². The second-order valence-electron chi connectivity index (χ2n) is 2.62. The minimum absolute atomic E-state index is 0.0739. The van der Waals surface area contributed by atoms with Crippen LogP contribution in [0.25, 0.3) is 0 Å². The summed E-state index contributed by atoms with van der Waals surface area (Å²) in [7, 11) is 0. The van der Waals surface area contributed by atoms with E-state index < -0.39 is 0 Å². The van der Waals surface area contributed by atoms with E-state index >= 15 is 0 Å². The van der Waals surface area contributed by atoms with Crippen LogP contribution in [0.5, 0.6) is 0 Å². The Morgan fingerprint density at radius 3 is 3.15 bits per heavy atom. The topological polar surface area (TPSA) is 67.2 Å². The van der Waals surface area contributed by atoms with Crippen LogP contribution in [-0.2, 0) is 17.9 Å². The molecule has 2 N–H and O–H groups in total. The fraction of sp³-hybridized carbons (Fsp3) is 0.500. The molecule has 0 aromatic carbocycles. The number of carbonyl (C=O) groups excluding carboxylic acids is 1. The van der Waals surface area contributed by atoms with Gasteiger partial charge in [0.1, 0.15) is 6.54 Å². The van der Waals surface area contributed by atoms with E-state index in [1.807, 2.05) is 6.92 Å². The molecule has 1 heterocycles. The minimum atomic E-state index is -0.0978. The molecule has 1 aromatic rings. The summed E-state index contributed by atoms with van der Waals surface area (Å²) >= 11 is 0. The number of aromatic nitrogens is 2. The number of imidazole rings is 1. The molecule has 0 atom stereocenters. The Morgan fingerprint density at radius 1 is 1.77 bits per heavy atom. The van der Waals surface area contributed by atoms with Crippen molar-refractivity contribution in [2.24, 2.45) is 0 Å². The van der Waals surface area contributed by atoms with E-state index in [9.17, 15) is 4.79 Å². The van der Waals surface area contributed by atoms with Crippen LogP contribution >= 0.6 is 0 Å². The molecule has 1 rings (SSSR count). The summed E-state index contributed by atoms with van der Waals surface area (Å²) < 4.78 is 1.62. The molecule has 72 valence electrons. The van der Waals surface area contributed by atoms with E-state index in [-0.39, 0.29) is 19.1 Å². The van der Waals surface area contributed by atoms with Crippen molar-refractivity contribution in [2.75, 3.05) is 6.54 Å². The van der Waals surface area contributed by atoms with E-state index in [4.69, 9.17) is 5.11 Å². The summed E-state index contributed by atoms with van der Waals surface area (Å²) in [6.45, 7) is 2.59. The molecular weight excluding hydrogens is 170 g/mol. The first-order valence-corrected chi connectivity index (χ1v) is 4.14. The minimum Gasteiger partial charge on any atom is -0.390 e. The van der Waals surface area contributed by atoms with Gasteiger partial charge in [-0.05, 0) is 6.92 Å². The van der Waals surface area contributed by atoms with Gasteiger partial charge in [0.25, 0.3) is 0 Å². The van der Waals surface area contributed by atoms with Crippen LogP contribution in [0.1, 0.15) is 12.6 Å². The number of likely N-dealkylation sites (N-methyl/N-ethyl adjacent to an activating group) is 1. The molecule has 0 bridgehead atoms. The lowest BCUT2D eigenvalue weighted by molar-refractivity contribution is -0.121. The highest BCUT2D eigenvalue weighted by atomic mass is 16.3. The highest BCUT2D eigenvalue weighted by Gasteiger charge is 2.04. The zero-order valence-corrected chi connectivity index (χ0v) is 7.53. The monoisotopic (exact) mass is 183 g/mol. The second-order valence-corrected chi connectivity index (χ2v) is 2.62. The Bertz CT molecular complexity index is 283. The number of carbonyl (C=O) groups is 1. The molecule has 1 amide bonds. The Labute approximate surface area is 76.4 Å². The summed E-state index contributed by atoms with van der Waals surface area (Å²) in [4.78, 5) is 15.0. The van der Waals surface area contributed by atoms with E-state index in [0.717, 1.165) is 0 Å². The van der Waals surface area contributed by atoms with Crippen molar-refractivity contribution in [3.05, 3.63) is 18.2 Å². The van der Waals surface area contributed by atoms with Crippen LogP contribution in [0, 0.1) is 0 Å². The summed E-state index contributed by atoms with van der Waals surface area (Å²) in [6, 6.07) is 0. The molecule has 5 heteroatoms. The van der Waals surface area contributed by atoms with Crippen molar-refractivity contribution in [2.45, 2.75) is 20.1 Å². The van der Waals surface area contributed by atoms with Crippen molar-refractivity contribution in [1.82, 2.24) is 14.9 Å². The largest absolute Gasteiger partial charge is 0.390 e. The third kappa shape index (κ3) is 2.55. The molecule has 0 aliphatic heterocycles. The number of hydrogen-bond acceptors (Lipinski definition) is 3. The van der Waals surface area contributed by atoms with Gasteiger partial charge >= 0.3 is 0 Å². The average molecular weight is 183 g/mol. The van der Waals surface area contributed by atoms with Crippen molar-refractivity contribution in [3.8, 4) is 0 Å². The molecule has 0 saturated carbocycles. The van der Waals surface area contributed by atoms with Gasteiger partial charge < -0.3 is 15.0 Å². The lowest BCUT2D eigenvalue weighted by Crippen LogP contribution is -2.27. The zero-order valence-electron chi connectivity index (χ0n) is 7.53. The normalized spacial score (nSPS) is 10.0. The fourth-order valence-corrected chi connectivity index (χ4v) is 1.03. The SMILES string of the molecule is CCNC(=O)Cn1cncc1CO. The lowest BCUT2D eigenvalue weighted by Gasteiger charge is -2.05. The predicted molar refractivity (Wildman–Crippen MR) is 46.8 cm³/mol. The van der Waals surface area contributed by atoms with Gasteiger partial charge in [0.2, 0.25) is 5.91 Å². The second kappa shape index (κ2) is 4.61. The molecule has 13 heavy (non-hydrogen) atoms. The molecule has 0 spiro atoms. The van der Waals surface area contributed by atoms with Gasteiger partial charge in [-0.25, -0.2) is 4.98 Å². The third-order valence-electron chi connectivity index (χ3n) is 1.65. The molecule has 0 saturated heterocycles. The van der Waals surface area contributed by atoms with E-state index in [1.165, 1.54) is 6.33 Å². The van der Waals surface area contributed by atoms with Crippen molar-refractivity contribution in [3.63, 3.8) is 0 Å². The van der Waals surface area contributed by atoms with Gasteiger partial charge in [0.05, 0.1) is 24.8 Å². The van der Waals surface area contributed by atoms with Crippen LogP contribution < -0.4 is 5.32 Å². The highest BCUT2D eigenvalue weighted by molar-refractivity contribution is 5.75. The number of nitrogens with one attached hydrogen (secondary N) is 1. The first-order chi connectivity index (χ1) is 6.27. The standard InChI is InChI=1S/C8H13N3O2/c1-2-10-8(13)4-11-6-9-3-7(11)5-12/h3,6,12H,2,4-5H2,1H3,(H,10,13). The van der Waals surface area contributed by atoms with Gasteiger partial charge in [-0.15, -0.1) is 0 Å². The number of rotatable bonds is 4. The van der Waals surface area contributed by atoms with E-state index in [1.54, 1.807) is 10.8 Å². The van der Waals surface area contributed by atoms with Crippen molar-refractivity contribution < 1.29 is 9.90 Å². The van der Waals surface area contributed by atoms with Gasteiger partial charge in [-0.1, -0.05) is 0 Å². The Kier molecular flexibility index (Phi) is 3.45. The first-order valence-electron chi connectivity index (χ1n) is 4.14. The summed E-state index contributed by atoms with van der Waals surface area (Å²) in [5.74, 6) is -0.0739. The molecule has 5 nitrogen and oxygen atoms in total. The number of aliphatic hydroxyl groups is 1. The van der Waals surface area contributed by atoms with Crippen LogP contribution in [-0.4, -0.2) is 27.1 Å². The molecule has 0 fully saturated rings. The Hall–Kier alpha value is -1.36. The zero-order chi connectivity index (χ0) is 9.68. The fourth-order valence-electron chi connectivity index (χ4n) is 1.03. The van der Waals surface area contributed by atoms with Crippen molar-refractivity contribution in [1.29, 1.82) is 0 Å². The molecule has 1 aromatic heterocycles. The molecular formula is C8H13N3O2. The van der Waals surface area contributed by atoms with Crippen LogP contribution in [0.15, 0.2) is 12.5 Å². The number of aliphatic hydroxyl groups excluding tert-OH is 1. The third-order valence-corrected chi connectivity index (χ3v) is 1.65.